The van der Waals surface area contributed by atoms with E-state index in [1.165, 1.54) is 19.3 Å². The number of rotatable bonds is 1. The highest BCUT2D eigenvalue weighted by Crippen LogP contribution is 2.44. The smallest absolute Gasteiger partial charge is 0.170 e. The number of aryl methyl sites for hydroxylation is 1. The summed E-state index contributed by atoms with van der Waals surface area (Å²) >= 11 is 0. The lowest BCUT2D eigenvalue weighted by Gasteiger charge is -2.43. The predicted molar refractivity (Wildman–Crippen MR) is 75.7 cm³/mol. The maximum absolute atomic E-state index is 12.4. The Morgan fingerprint density at radius 2 is 2.26 bits per heavy atom. The molecule has 1 aromatic rings. The van der Waals surface area contributed by atoms with Crippen LogP contribution < -0.4 is 4.74 Å². The van der Waals surface area contributed by atoms with Gasteiger partial charge in [-0.05, 0) is 44.2 Å². The van der Waals surface area contributed by atoms with E-state index in [1.54, 1.807) is 0 Å². The second-order valence-corrected chi connectivity index (χ2v) is 6.26. The molecule has 0 amide bonds. The Bertz CT molecular complexity index is 506. The van der Waals surface area contributed by atoms with Crippen molar-refractivity contribution in [1.29, 1.82) is 0 Å². The van der Waals surface area contributed by atoms with Crippen molar-refractivity contribution in [1.82, 2.24) is 0 Å². The van der Waals surface area contributed by atoms with Crippen LogP contribution in [0.4, 0.5) is 0 Å². The Labute approximate surface area is 115 Å². The second kappa shape index (κ2) is 4.66. The number of Topliss-reactive ketones (excluding diaryl/α,β-unsaturated/α-hetero) is 1. The van der Waals surface area contributed by atoms with Crippen LogP contribution in [-0.2, 0) is 0 Å². The topological polar surface area (TPSA) is 26.3 Å². The Balaban J connectivity index is 1.92. The van der Waals surface area contributed by atoms with Crippen molar-refractivity contribution < 1.29 is 9.53 Å². The van der Waals surface area contributed by atoms with E-state index in [1.807, 2.05) is 25.1 Å². The third-order valence-corrected chi connectivity index (χ3v) is 4.73. The van der Waals surface area contributed by atoms with Gasteiger partial charge in [-0.25, -0.2) is 0 Å². The average Bonchev–Trinajstić information content (AvgIpc) is 2.40. The molecule has 102 valence electrons. The van der Waals surface area contributed by atoms with E-state index in [0.29, 0.717) is 12.3 Å². The highest BCUT2D eigenvalue weighted by molar-refractivity contribution is 6.00. The zero-order valence-electron chi connectivity index (χ0n) is 11.9. The summed E-state index contributed by atoms with van der Waals surface area (Å²) in [6.07, 6.45) is 6.31. The van der Waals surface area contributed by atoms with E-state index >= 15 is 0 Å². The Hall–Kier alpha value is -1.31. The molecule has 1 heterocycles. The number of hydrogen-bond acceptors (Lipinski definition) is 2. The summed E-state index contributed by atoms with van der Waals surface area (Å²) in [6.45, 7) is 4.26. The number of ether oxygens (including phenoxy) is 1. The van der Waals surface area contributed by atoms with Gasteiger partial charge in [-0.1, -0.05) is 31.4 Å². The summed E-state index contributed by atoms with van der Waals surface area (Å²) in [7, 11) is 0. The molecule has 0 radical (unpaired) electrons. The zero-order chi connectivity index (χ0) is 13.5. The molecule has 1 fully saturated rings. The van der Waals surface area contributed by atoms with Crippen LogP contribution in [0.15, 0.2) is 18.2 Å². The van der Waals surface area contributed by atoms with Crippen molar-refractivity contribution in [2.24, 2.45) is 5.92 Å². The lowest BCUT2D eigenvalue weighted by Crippen LogP contribution is -2.45. The first kappa shape index (κ1) is 12.7. The van der Waals surface area contributed by atoms with Gasteiger partial charge in [0.2, 0.25) is 0 Å². The molecule has 1 spiro atoms. The Morgan fingerprint density at radius 3 is 3.05 bits per heavy atom. The molecule has 1 saturated carbocycles. The van der Waals surface area contributed by atoms with Gasteiger partial charge >= 0.3 is 0 Å². The Morgan fingerprint density at radius 1 is 1.42 bits per heavy atom. The van der Waals surface area contributed by atoms with E-state index in [9.17, 15) is 4.79 Å². The molecule has 1 aliphatic heterocycles. The molecule has 19 heavy (non-hydrogen) atoms. The third-order valence-electron chi connectivity index (χ3n) is 4.73. The molecule has 1 aromatic carbocycles. The average molecular weight is 258 g/mol. The number of carbonyl (C=O) groups excluding carboxylic acids is 1. The molecule has 2 aliphatic rings. The van der Waals surface area contributed by atoms with Gasteiger partial charge in [-0.2, -0.15) is 0 Å². The molecule has 2 unspecified atom stereocenters. The molecule has 0 aromatic heterocycles. The quantitative estimate of drug-likeness (QED) is 0.750. The summed E-state index contributed by atoms with van der Waals surface area (Å²) in [5.41, 5.74) is 1.70. The number of hydrogen-bond donors (Lipinski definition) is 0. The van der Waals surface area contributed by atoms with Crippen molar-refractivity contribution >= 4 is 5.78 Å². The van der Waals surface area contributed by atoms with Crippen molar-refractivity contribution in [2.45, 2.75) is 58.0 Å². The molecule has 2 nitrogen and oxygen atoms in total. The van der Waals surface area contributed by atoms with Gasteiger partial charge in [0, 0.05) is 0 Å². The molecule has 0 bridgehead atoms. The summed E-state index contributed by atoms with van der Waals surface area (Å²) in [5.74, 6) is 1.79. The normalized spacial score (nSPS) is 30.0. The summed E-state index contributed by atoms with van der Waals surface area (Å²) in [5, 5.41) is 0. The zero-order valence-corrected chi connectivity index (χ0v) is 11.9. The summed E-state index contributed by atoms with van der Waals surface area (Å²) in [6, 6.07) is 5.97. The molecule has 2 atom stereocenters. The van der Waals surface area contributed by atoms with Crippen LogP contribution in [0.3, 0.4) is 0 Å². The van der Waals surface area contributed by atoms with Crippen LogP contribution in [0.2, 0.25) is 0 Å². The van der Waals surface area contributed by atoms with Crippen molar-refractivity contribution in [2.75, 3.05) is 0 Å². The van der Waals surface area contributed by atoms with E-state index < -0.39 is 0 Å². The maximum atomic E-state index is 12.4. The number of fused-ring (bicyclic) bond motifs is 1. The number of ketones is 1. The van der Waals surface area contributed by atoms with Crippen LogP contribution in [0.1, 0.15) is 61.4 Å². The van der Waals surface area contributed by atoms with Gasteiger partial charge in [0.15, 0.2) is 5.78 Å². The minimum absolute atomic E-state index is 0.210. The van der Waals surface area contributed by atoms with Gasteiger partial charge in [-0.3, -0.25) is 4.79 Å². The van der Waals surface area contributed by atoms with Gasteiger partial charge in [0.25, 0.3) is 0 Å². The molecule has 0 saturated heterocycles. The predicted octanol–water partition coefficient (Wildman–Crippen LogP) is 4.30. The van der Waals surface area contributed by atoms with Crippen molar-refractivity contribution in [3.05, 3.63) is 29.3 Å². The molecular formula is C17H22O2. The van der Waals surface area contributed by atoms with E-state index in [-0.39, 0.29) is 11.4 Å². The molecule has 1 aliphatic carbocycles. The fraction of sp³-hybridized carbons (Fsp3) is 0.588. The highest BCUT2D eigenvalue weighted by atomic mass is 16.5. The molecule has 3 rings (SSSR count). The monoisotopic (exact) mass is 258 g/mol. The van der Waals surface area contributed by atoms with Crippen LogP contribution in [0.25, 0.3) is 0 Å². The van der Waals surface area contributed by atoms with Crippen molar-refractivity contribution in [3.63, 3.8) is 0 Å². The van der Waals surface area contributed by atoms with Gasteiger partial charge in [0.05, 0.1) is 12.0 Å². The standard InChI is InChI=1S/C17H22O2/c1-3-13-5-4-8-17(10-13)11-15(18)14-9-12(2)6-7-16(14)19-17/h6-7,9,13H,3-5,8,10-11H2,1-2H3. The molecule has 0 N–H and O–H groups in total. The highest BCUT2D eigenvalue weighted by Gasteiger charge is 2.43. The fourth-order valence-corrected chi connectivity index (χ4v) is 3.65. The lowest BCUT2D eigenvalue weighted by atomic mass is 9.73. The minimum atomic E-state index is -0.210. The van der Waals surface area contributed by atoms with Gasteiger partial charge < -0.3 is 4.74 Å². The lowest BCUT2D eigenvalue weighted by molar-refractivity contribution is -0.00430. The van der Waals surface area contributed by atoms with E-state index in [4.69, 9.17) is 4.74 Å². The first-order valence-electron chi connectivity index (χ1n) is 7.45. The van der Waals surface area contributed by atoms with Crippen molar-refractivity contribution in [3.8, 4) is 5.75 Å². The van der Waals surface area contributed by atoms with E-state index in [2.05, 4.69) is 6.92 Å². The minimum Gasteiger partial charge on any atom is -0.486 e. The molecular weight excluding hydrogens is 236 g/mol. The van der Waals surface area contributed by atoms with E-state index in [0.717, 1.165) is 29.7 Å². The Kier molecular flexibility index (Phi) is 3.12. The van der Waals surface area contributed by atoms with Crippen LogP contribution >= 0.6 is 0 Å². The first-order valence-corrected chi connectivity index (χ1v) is 7.45. The van der Waals surface area contributed by atoms with Crippen LogP contribution in [0.5, 0.6) is 5.75 Å². The summed E-state index contributed by atoms with van der Waals surface area (Å²) < 4.78 is 6.30. The largest absolute Gasteiger partial charge is 0.486 e. The maximum Gasteiger partial charge on any atom is 0.170 e. The van der Waals surface area contributed by atoms with Crippen LogP contribution in [0, 0.1) is 12.8 Å². The van der Waals surface area contributed by atoms with Crippen LogP contribution in [-0.4, -0.2) is 11.4 Å². The third kappa shape index (κ3) is 2.29. The second-order valence-electron chi connectivity index (χ2n) is 6.26. The number of carbonyl (C=O) groups is 1. The molecule has 2 heteroatoms. The van der Waals surface area contributed by atoms with Gasteiger partial charge in [0.1, 0.15) is 11.4 Å². The number of benzene rings is 1. The SMILES string of the molecule is CCC1CCCC2(CC(=O)c3cc(C)ccc3O2)C1. The first-order chi connectivity index (χ1) is 9.12. The van der Waals surface area contributed by atoms with Gasteiger partial charge in [-0.15, -0.1) is 0 Å². The summed E-state index contributed by atoms with van der Waals surface area (Å²) in [4.78, 5) is 12.4. The fourth-order valence-electron chi connectivity index (χ4n) is 3.65.